The monoisotopic (exact) mass is 388 g/mol. The highest BCUT2D eigenvalue weighted by atomic mass is 16.2. The van der Waals surface area contributed by atoms with Crippen LogP contribution < -0.4 is 10.2 Å². The number of amides is 2. The second kappa shape index (κ2) is 7.91. The smallest absolute Gasteiger partial charge is 0.259 e. The van der Waals surface area contributed by atoms with Gasteiger partial charge in [0, 0.05) is 30.0 Å². The molecule has 2 aromatic carbocycles. The molecule has 0 radical (unpaired) electrons. The van der Waals surface area contributed by atoms with Crippen molar-refractivity contribution in [2.75, 3.05) is 16.8 Å². The van der Waals surface area contributed by atoms with Crippen molar-refractivity contribution in [3.63, 3.8) is 0 Å². The number of hydrogen-bond acceptors (Lipinski definition) is 3. The second-order valence-corrected chi connectivity index (χ2v) is 7.34. The van der Waals surface area contributed by atoms with Crippen molar-refractivity contribution < 1.29 is 9.59 Å². The summed E-state index contributed by atoms with van der Waals surface area (Å²) >= 11 is 0. The van der Waals surface area contributed by atoms with Crippen LogP contribution >= 0.6 is 0 Å². The molecule has 1 aromatic heterocycles. The molecule has 1 N–H and O–H groups in total. The Bertz CT molecular complexity index is 1040. The summed E-state index contributed by atoms with van der Waals surface area (Å²) in [4.78, 5) is 26.5. The molecule has 1 saturated heterocycles. The zero-order valence-electron chi connectivity index (χ0n) is 16.7. The molecular formula is C23H24N4O2. The quantitative estimate of drug-likeness (QED) is 0.720. The third kappa shape index (κ3) is 3.92. The summed E-state index contributed by atoms with van der Waals surface area (Å²) < 4.78 is 1.86. The molecule has 1 aliphatic rings. The Hall–Kier alpha value is -3.41. The van der Waals surface area contributed by atoms with Gasteiger partial charge in [-0.25, -0.2) is 0 Å². The van der Waals surface area contributed by atoms with E-state index in [2.05, 4.69) is 10.4 Å². The van der Waals surface area contributed by atoms with E-state index in [-0.39, 0.29) is 11.8 Å². The van der Waals surface area contributed by atoms with E-state index in [4.69, 9.17) is 0 Å². The lowest BCUT2D eigenvalue weighted by atomic mass is 10.1. The first-order chi connectivity index (χ1) is 14.0. The largest absolute Gasteiger partial charge is 0.322 e. The topological polar surface area (TPSA) is 67.2 Å². The minimum absolute atomic E-state index is 0.152. The van der Waals surface area contributed by atoms with Crippen LogP contribution in [0.4, 0.5) is 11.4 Å². The van der Waals surface area contributed by atoms with E-state index in [9.17, 15) is 9.59 Å². The number of aromatic nitrogens is 2. The van der Waals surface area contributed by atoms with Crippen LogP contribution in [0.3, 0.4) is 0 Å². The maximum atomic E-state index is 12.9. The molecule has 6 heteroatoms. The minimum atomic E-state index is -0.177. The number of rotatable bonds is 5. The van der Waals surface area contributed by atoms with E-state index in [1.54, 1.807) is 4.90 Å². The molecule has 148 valence electrons. The number of nitrogens with zero attached hydrogens (tertiary/aromatic N) is 3. The number of benzene rings is 2. The Morgan fingerprint density at radius 2 is 1.79 bits per heavy atom. The third-order valence-electron chi connectivity index (χ3n) is 5.29. The van der Waals surface area contributed by atoms with E-state index < -0.39 is 0 Å². The highest BCUT2D eigenvalue weighted by molar-refractivity contribution is 6.06. The van der Waals surface area contributed by atoms with Gasteiger partial charge in [0.2, 0.25) is 5.91 Å². The predicted molar refractivity (Wildman–Crippen MR) is 113 cm³/mol. The Labute approximate surface area is 170 Å². The van der Waals surface area contributed by atoms with E-state index in [1.165, 1.54) is 0 Å². The normalized spacial score (nSPS) is 13.7. The van der Waals surface area contributed by atoms with Gasteiger partial charge in [-0.05, 0) is 50.1 Å². The molecule has 0 aliphatic carbocycles. The molecule has 2 amide bonds. The summed E-state index contributed by atoms with van der Waals surface area (Å²) in [6.45, 7) is 5.15. The van der Waals surface area contributed by atoms with Gasteiger partial charge in [0.05, 0.1) is 17.8 Å². The average molecular weight is 388 g/mol. The molecule has 0 bridgehead atoms. The van der Waals surface area contributed by atoms with Crippen molar-refractivity contribution in [3.8, 4) is 0 Å². The fraction of sp³-hybridized carbons (Fsp3) is 0.261. The van der Waals surface area contributed by atoms with Crippen LogP contribution in [0.5, 0.6) is 0 Å². The summed E-state index contributed by atoms with van der Waals surface area (Å²) in [5.41, 5.74) is 4.84. The number of aryl methyl sites for hydroxylation is 1. The molecule has 0 unspecified atom stereocenters. The number of anilines is 2. The van der Waals surface area contributed by atoms with Crippen LogP contribution in [0.25, 0.3) is 0 Å². The van der Waals surface area contributed by atoms with Gasteiger partial charge in [-0.3, -0.25) is 14.3 Å². The summed E-state index contributed by atoms with van der Waals surface area (Å²) in [5.74, 6) is -0.0248. The highest BCUT2D eigenvalue weighted by Gasteiger charge is 2.22. The Balaban J connectivity index is 1.49. The Morgan fingerprint density at radius 3 is 2.45 bits per heavy atom. The van der Waals surface area contributed by atoms with E-state index in [0.29, 0.717) is 29.9 Å². The van der Waals surface area contributed by atoms with Crippen molar-refractivity contribution in [2.45, 2.75) is 33.2 Å². The Morgan fingerprint density at radius 1 is 1.07 bits per heavy atom. The summed E-state index contributed by atoms with van der Waals surface area (Å²) in [6.07, 6.45) is 1.49. The van der Waals surface area contributed by atoms with Gasteiger partial charge in [-0.1, -0.05) is 30.3 Å². The first kappa shape index (κ1) is 18.9. The summed E-state index contributed by atoms with van der Waals surface area (Å²) in [7, 11) is 0. The molecule has 29 heavy (non-hydrogen) atoms. The van der Waals surface area contributed by atoms with Gasteiger partial charge in [0.15, 0.2) is 0 Å². The highest BCUT2D eigenvalue weighted by Crippen LogP contribution is 2.24. The lowest BCUT2D eigenvalue weighted by molar-refractivity contribution is -0.117. The molecule has 4 rings (SSSR count). The molecule has 1 aliphatic heterocycles. The minimum Gasteiger partial charge on any atom is -0.322 e. The van der Waals surface area contributed by atoms with Gasteiger partial charge in [-0.2, -0.15) is 5.10 Å². The molecule has 1 fully saturated rings. The van der Waals surface area contributed by atoms with Crippen molar-refractivity contribution in [2.24, 2.45) is 0 Å². The number of hydrogen-bond donors (Lipinski definition) is 1. The summed E-state index contributed by atoms with van der Waals surface area (Å²) in [6, 6.07) is 17.5. The zero-order chi connectivity index (χ0) is 20.4. The molecule has 2 heterocycles. The first-order valence-electron chi connectivity index (χ1n) is 9.82. The van der Waals surface area contributed by atoms with E-state index in [0.717, 1.165) is 29.9 Å². The maximum absolute atomic E-state index is 12.9. The Kier molecular flexibility index (Phi) is 5.16. The standard InChI is InChI=1S/C23H24N4O2/c1-16-22(17(2)27(25-16)15-18-7-4-3-5-8-18)23(29)24-19-10-12-20(13-11-19)26-14-6-9-21(26)28/h3-5,7-8,10-13H,6,9,14-15H2,1-2H3,(H,24,29). The molecule has 0 saturated carbocycles. The van der Waals surface area contributed by atoms with Crippen LogP contribution in [0.1, 0.15) is 40.2 Å². The van der Waals surface area contributed by atoms with Gasteiger partial charge < -0.3 is 10.2 Å². The van der Waals surface area contributed by atoms with Crippen molar-refractivity contribution in [1.82, 2.24) is 9.78 Å². The van der Waals surface area contributed by atoms with E-state index >= 15 is 0 Å². The van der Waals surface area contributed by atoms with Crippen molar-refractivity contribution >= 4 is 23.2 Å². The van der Waals surface area contributed by atoms with Crippen LogP contribution in [0.15, 0.2) is 54.6 Å². The fourth-order valence-corrected chi connectivity index (χ4v) is 3.78. The second-order valence-electron chi connectivity index (χ2n) is 7.34. The molecule has 0 spiro atoms. The molecule has 6 nitrogen and oxygen atoms in total. The lowest BCUT2D eigenvalue weighted by Gasteiger charge is -2.16. The predicted octanol–water partition coefficient (Wildman–Crippen LogP) is 3.93. The van der Waals surface area contributed by atoms with Crippen LogP contribution in [0, 0.1) is 13.8 Å². The first-order valence-corrected chi connectivity index (χ1v) is 9.82. The average Bonchev–Trinajstić information content (AvgIpc) is 3.26. The third-order valence-corrected chi connectivity index (χ3v) is 5.29. The molecule has 0 atom stereocenters. The van der Waals surface area contributed by atoms with Crippen molar-refractivity contribution in [1.29, 1.82) is 0 Å². The van der Waals surface area contributed by atoms with Gasteiger partial charge in [0.25, 0.3) is 5.91 Å². The van der Waals surface area contributed by atoms with Gasteiger partial charge in [0.1, 0.15) is 0 Å². The van der Waals surface area contributed by atoms with E-state index in [1.807, 2.05) is 73.1 Å². The molecular weight excluding hydrogens is 364 g/mol. The number of carbonyl (C=O) groups is 2. The fourth-order valence-electron chi connectivity index (χ4n) is 3.78. The number of nitrogens with one attached hydrogen (secondary N) is 1. The van der Waals surface area contributed by atoms with Crippen molar-refractivity contribution in [3.05, 3.63) is 77.1 Å². The van der Waals surface area contributed by atoms with Crippen LogP contribution in [0.2, 0.25) is 0 Å². The van der Waals surface area contributed by atoms with Crippen LogP contribution in [-0.2, 0) is 11.3 Å². The lowest BCUT2D eigenvalue weighted by Crippen LogP contribution is -2.23. The van der Waals surface area contributed by atoms with Crippen LogP contribution in [-0.4, -0.2) is 28.1 Å². The molecule has 3 aromatic rings. The number of carbonyl (C=O) groups excluding carboxylic acids is 2. The summed E-state index contributed by atoms with van der Waals surface area (Å²) in [5, 5.41) is 7.50. The van der Waals surface area contributed by atoms with Gasteiger partial charge >= 0.3 is 0 Å². The zero-order valence-corrected chi connectivity index (χ0v) is 16.7. The maximum Gasteiger partial charge on any atom is 0.259 e. The van der Waals surface area contributed by atoms with Gasteiger partial charge in [-0.15, -0.1) is 0 Å². The SMILES string of the molecule is Cc1nn(Cc2ccccc2)c(C)c1C(=O)Nc1ccc(N2CCCC2=O)cc1.